The van der Waals surface area contributed by atoms with Crippen molar-refractivity contribution in [1.29, 1.82) is 0 Å². The smallest absolute Gasteiger partial charge is 0.246 e. The van der Waals surface area contributed by atoms with Gasteiger partial charge in [-0.3, -0.25) is 9.59 Å². The fraction of sp³-hybridized carbons (Fsp3) is 0.529. The third-order valence-corrected chi connectivity index (χ3v) is 4.04. The lowest BCUT2D eigenvalue weighted by molar-refractivity contribution is -0.149. The Kier molecular flexibility index (Phi) is 4.08. The molecule has 1 N–H and O–H groups in total. The van der Waals surface area contributed by atoms with E-state index in [-0.39, 0.29) is 29.8 Å². The highest BCUT2D eigenvalue weighted by atomic mass is 16.2. The second kappa shape index (κ2) is 5.51. The van der Waals surface area contributed by atoms with Gasteiger partial charge in [-0.2, -0.15) is 0 Å². The van der Waals surface area contributed by atoms with E-state index < -0.39 is 6.04 Å². The first kappa shape index (κ1) is 15.5. The Morgan fingerprint density at radius 1 is 1.19 bits per heavy atom. The molecular weight excluding hydrogens is 264 g/mol. The third kappa shape index (κ3) is 3.26. The Bertz CT molecular complexity index is 543. The molecule has 0 aromatic heterocycles. The molecule has 0 spiro atoms. The number of aryl methyl sites for hydroxylation is 1. The average molecular weight is 288 g/mol. The molecule has 4 nitrogen and oxygen atoms in total. The number of benzene rings is 1. The van der Waals surface area contributed by atoms with Crippen LogP contribution in [-0.2, 0) is 9.59 Å². The predicted molar refractivity (Wildman–Crippen MR) is 82.7 cm³/mol. The normalized spacial score (nSPS) is 21.2. The van der Waals surface area contributed by atoms with Crippen LogP contribution in [0, 0.1) is 12.3 Å². The van der Waals surface area contributed by atoms with Crippen LogP contribution in [0.5, 0.6) is 0 Å². The standard InChI is InChI=1S/C17H24N2O2/c1-11-6-8-13(9-7-11)12(2)19-10-14(20)18-15(16(19)21)17(3,4)5/h6-9,12,15H,10H2,1-5H3,(H,18,20). The summed E-state index contributed by atoms with van der Waals surface area (Å²) >= 11 is 0. The van der Waals surface area contributed by atoms with E-state index in [2.05, 4.69) is 5.32 Å². The van der Waals surface area contributed by atoms with Crippen molar-refractivity contribution in [3.63, 3.8) is 0 Å². The van der Waals surface area contributed by atoms with Crippen LogP contribution in [0.3, 0.4) is 0 Å². The van der Waals surface area contributed by atoms with Gasteiger partial charge in [-0.05, 0) is 24.8 Å². The molecule has 1 heterocycles. The first-order valence-corrected chi connectivity index (χ1v) is 7.36. The van der Waals surface area contributed by atoms with Crippen LogP contribution in [0.25, 0.3) is 0 Å². The van der Waals surface area contributed by atoms with Gasteiger partial charge in [0.25, 0.3) is 0 Å². The summed E-state index contributed by atoms with van der Waals surface area (Å²) in [6.07, 6.45) is 0. The highest BCUT2D eigenvalue weighted by Gasteiger charge is 2.41. The molecule has 1 aromatic carbocycles. The van der Waals surface area contributed by atoms with E-state index in [1.807, 2.05) is 58.9 Å². The van der Waals surface area contributed by atoms with Gasteiger partial charge < -0.3 is 10.2 Å². The van der Waals surface area contributed by atoms with Crippen LogP contribution >= 0.6 is 0 Å². The lowest BCUT2D eigenvalue weighted by atomic mass is 9.84. The van der Waals surface area contributed by atoms with Crippen molar-refractivity contribution in [2.75, 3.05) is 6.54 Å². The van der Waals surface area contributed by atoms with Crippen LogP contribution in [0.15, 0.2) is 24.3 Å². The molecule has 0 bridgehead atoms. The summed E-state index contributed by atoms with van der Waals surface area (Å²) in [5.41, 5.74) is 1.94. The first-order valence-electron chi connectivity index (χ1n) is 7.36. The van der Waals surface area contributed by atoms with Gasteiger partial charge in [0.15, 0.2) is 0 Å². The molecule has 0 radical (unpaired) electrons. The number of carbonyl (C=O) groups is 2. The molecule has 21 heavy (non-hydrogen) atoms. The highest BCUT2D eigenvalue weighted by Crippen LogP contribution is 2.28. The summed E-state index contributed by atoms with van der Waals surface area (Å²) in [5.74, 6) is -0.0938. The van der Waals surface area contributed by atoms with Crippen molar-refractivity contribution >= 4 is 11.8 Å². The molecule has 1 aliphatic heterocycles. The molecule has 2 rings (SSSR count). The highest BCUT2D eigenvalue weighted by molar-refractivity contribution is 5.95. The number of amides is 2. The molecule has 1 fully saturated rings. The summed E-state index contributed by atoms with van der Waals surface area (Å²) in [4.78, 5) is 26.4. The van der Waals surface area contributed by atoms with Crippen molar-refractivity contribution in [2.24, 2.45) is 5.41 Å². The number of carbonyl (C=O) groups excluding carboxylic acids is 2. The summed E-state index contributed by atoms with van der Waals surface area (Å²) in [5, 5.41) is 2.82. The molecule has 114 valence electrons. The fourth-order valence-corrected chi connectivity index (χ4v) is 2.61. The van der Waals surface area contributed by atoms with E-state index in [4.69, 9.17) is 0 Å². The summed E-state index contributed by atoms with van der Waals surface area (Å²) in [6, 6.07) is 7.53. The number of hydrogen-bond acceptors (Lipinski definition) is 2. The summed E-state index contributed by atoms with van der Waals surface area (Å²) in [6.45, 7) is 10.0. The Morgan fingerprint density at radius 2 is 1.76 bits per heavy atom. The van der Waals surface area contributed by atoms with Crippen LogP contribution in [0.2, 0.25) is 0 Å². The van der Waals surface area contributed by atoms with Crippen molar-refractivity contribution in [3.05, 3.63) is 35.4 Å². The maximum absolute atomic E-state index is 12.7. The van der Waals surface area contributed by atoms with Gasteiger partial charge in [0.05, 0.1) is 6.04 Å². The van der Waals surface area contributed by atoms with Crippen molar-refractivity contribution < 1.29 is 9.59 Å². The van der Waals surface area contributed by atoms with Crippen LogP contribution < -0.4 is 5.32 Å². The van der Waals surface area contributed by atoms with E-state index >= 15 is 0 Å². The Labute approximate surface area is 126 Å². The Balaban J connectivity index is 2.27. The van der Waals surface area contributed by atoms with E-state index in [9.17, 15) is 9.59 Å². The molecule has 1 saturated heterocycles. The van der Waals surface area contributed by atoms with Gasteiger partial charge in [-0.15, -0.1) is 0 Å². The fourth-order valence-electron chi connectivity index (χ4n) is 2.61. The Hall–Kier alpha value is -1.84. The molecule has 1 aromatic rings. The number of hydrogen-bond donors (Lipinski definition) is 1. The van der Waals surface area contributed by atoms with Gasteiger partial charge in [0.2, 0.25) is 11.8 Å². The molecular formula is C17H24N2O2. The second-order valence-electron chi connectivity index (χ2n) is 6.92. The lowest BCUT2D eigenvalue weighted by Crippen LogP contribution is -2.62. The van der Waals surface area contributed by atoms with Gasteiger partial charge >= 0.3 is 0 Å². The van der Waals surface area contributed by atoms with Crippen LogP contribution in [0.1, 0.15) is 44.9 Å². The maximum atomic E-state index is 12.7. The topological polar surface area (TPSA) is 49.4 Å². The monoisotopic (exact) mass is 288 g/mol. The largest absolute Gasteiger partial charge is 0.342 e. The zero-order valence-corrected chi connectivity index (χ0v) is 13.4. The Morgan fingerprint density at radius 3 is 2.29 bits per heavy atom. The van der Waals surface area contributed by atoms with Crippen molar-refractivity contribution in [3.8, 4) is 0 Å². The predicted octanol–water partition coefficient (Wildman–Crippen LogP) is 2.43. The average Bonchev–Trinajstić information content (AvgIpc) is 2.40. The van der Waals surface area contributed by atoms with Crippen LogP contribution in [0.4, 0.5) is 0 Å². The van der Waals surface area contributed by atoms with Crippen molar-refractivity contribution in [1.82, 2.24) is 10.2 Å². The van der Waals surface area contributed by atoms with Crippen LogP contribution in [-0.4, -0.2) is 29.3 Å². The molecule has 2 unspecified atom stereocenters. The first-order chi connectivity index (χ1) is 9.70. The number of nitrogens with one attached hydrogen (secondary N) is 1. The molecule has 2 atom stereocenters. The minimum absolute atomic E-state index is 0.00447. The number of piperazine rings is 1. The number of nitrogens with zero attached hydrogens (tertiary/aromatic N) is 1. The molecule has 1 aliphatic rings. The zero-order valence-electron chi connectivity index (χ0n) is 13.4. The number of rotatable bonds is 2. The SMILES string of the molecule is Cc1ccc(C(C)N2CC(=O)NC(C(C)(C)C)C2=O)cc1. The van der Waals surface area contributed by atoms with E-state index in [1.165, 1.54) is 5.56 Å². The molecule has 4 heteroatoms. The maximum Gasteiger partial charge on any atom is 0.246 e. The van der Waals surface area contributed by atoms with Gasteiger partial charge in [0, 0.05) is 0 Å². The van der Waals surface area contributed by atoms with E-state index in [0.29, 0.717) is 0 Å². The lowest BCUT2D eigenvalue weighted by Gasteiger charge is -2.41. The summed E-state index contributed by atoms with van der Waals surface area (Å²) in [7, 11) is 0. The second-order valence-corrected chi connectivity index (χ2v) is 6.92. The van der Waals surface area contributed by atoms with Gasteiger partial charge in [0.1, 0.15) is 12.6 Å². The zero-order chi connectivity index (χ0) is 15.8. The van der Waals surface area contributed by atoms with Gasteiger partial charge in [-0.25, -0.2) is 0 Å². The third-order valence-electron chi connectivity index (χ3n) is 4.04. The summed E-state index contributed by atoms with van der Waals surface area (Å²) < 4.78 is 0. The van der Waals surface area contributed by atoms with E-state index in [1.54, 1.807) is 4.90 Å². The molecule has 0 saturated carbocycles. The molecule has 2 amide bonds. The minimum atomic E-state index is -0.466. The minimum Gasteiger partial charge on any atom is -0.342 e. The molecule has 0 aliphatic carbocycles. The van der Waals surface area contributed by atoms with Crippen molar-refractivity contribution in [2.45, 2.75) is 46.7 Å². The quantitative estimate of drug-likeness (QED) is 0.908. The van der Waals surface area contributed by atoms with E-state index in [0.717, 1.165) is 5.56 Å². The van der Waals surface area contributed by atoms with Gasteiger partial charge in [-0.1, -0.05) is 50.6 Å².